The maximum atomic E-state index is 6.34. The van der Waals surface area contributed by atoms with Crippen molar-refractivity contribution >= 4 is 98.0 Å². The zero-order chi connectivity index (χ0) is 41.2. The molecule has 14 aromatic rings. The number of nitrogens with zero attached hydrogens (tertiary/aromatic N) is 4. The van der Waals surface area contributed by atoms with Crippen LogP contribution in [0.2, 0.25) is 0 Å². The average Bonchev–Trinajstić information content (AvgIpc) is 4.00. The van der Waals surface area contributed by atoms with Crippen LogP contribution in [0.5, 0.6) is 0 Å². The second kappa shape index (κ2) is 13.0. The first-order chi connectivity index (χ1) is 31.2. The van der Waals surface area contributed by atoms with Crippen molar-refractivity contribution < 1.29 is 4.42 Å². The summed E-state index contributed by atoms with van der Waals surface area (Å²) in [4.78, 5) is 10.7. The fraction of sp³-hybridized carbons (Fsp3) is 0. The van der Waals surface area contributed by atoms with Crippen LogP contribution in [-0.4, -0.2) is 19.1 Å². The molecule has 0 aliphatic carbocycles. The number of aromatic nitrogens is 4. The Bertz CT molecular complexity index is 4230. The van der Waals surface area contributed by atoms with E-state index in [1.54, 1.807) is 0 Å². The molecule has 14 rings (SSSR count). The van der Waals surface area contributed by atoms with Gasteiger partial charge in [0, 0.05) is 59.9 Å². The molecule has 0 aliphatic heterocycles. The van der Waals surface area contributed by atoms with Gasteiger partial charge in [0.15, 0.2) is 5.82 Å². The lowest BCUT2D eigenvalue weighted by molar-refractivity contribution is 0.669. The maximum absolute atomic E-state index is 6.34. The number of fused-ring (bicyclic) bond motifs is 12. The minimum atomic E-state index is 0.666. The molecule has 0 radical (unpaired) electrons. The number of hydrogen-bond donors (Lipinski definition) is 0. The molecule has 0 fully saturated rings. The Morgan fingerprint density at radius 3 is 1.86 bits per heavy atom. The molecule has 0 N–H and O–H groups in total. The Hall–Kier alpha value is -8.54. The predicted molar refractivity (Wildman–Crippen MR) is 261 cm³/mol. The molecule has 0 amide bonds. The van der Waals surface area contributed by atoms with Crippen LogP contribution in [-0.2, 0) is 0 Å². The highest BCUT2D eigenvalue weighted by Gasteiger charge is 2.24. The van der Waals surface area contributed by atoms with Crippen LogP contribution in [0.4, 0.5) is 0 Å². The Labute approximate surface area is 360 Å². The standard InChI is InChI=1S/C58H34N4O/c1-2-16-36-33-50-46(32-35(36)15-1)41-21-6-10-27-48(41)62(50)57-40-20-4-3-17-37(40)34-51-55(57)43-23-7-11-28-49(43)61(51)39-19-13-18-38(31-39)58-59-47-26-9-5-22-42(47)56(60-58)45-25-14-30-53-54(45)44-24-8-12-29-52(44)63-53/h1-34H. The van der Waals surface area contributed by atoms with Crippen LogP contribution in [0.3, 0.4) is 0 Å². The lowest BCUT2D eigenvalue weighted by atomic mass is 10.00. The third kappa shape index (κ3) is 4.93. The number of hydrogen-bond acceptors (Lipinski definition) is 3. The Balaban J connectivity index is 1.04. The number of benzene rings is 10. The summed E-state index contributed by atoms with van der Waals surface area (Å²) in [6, 6.07) is 73.8. The minimum Gasteiger partial charge on any atom is -0.456 e. The highest BCUT2D eigenvalue weighted by atomic mass is 16.3. The Kier molecular flexibility index (Phi) is 7.05. The van der Waals surface area contributed by atoms with Crippen molar-refractivity contribution in [3.05, 3.63) is 206 Å². The van der Waals surface area contributed by atoms with Gasteiger partial charge in [-0.05, 0) is 76.8 Å². The lowest BCUT2D eigenvalue weighted by Gasteiger charge is -2.16. The normalized spacial score (nSPS) is 12.1. The lowest BCUT2D eigenvalue weighted by Crippen LogP contribution is -1.99. The average molecular weight is 803 g/mol. The fourth-order valence-corrected chi connectivity index (χ4v) is 10.3. The van der Waals surface area contributed by atoms with Crippen LogP contribution in [0.25, 0.3) is 132 Å². The van der Waals surface area contributed by atoms with Crippen LogP contribution in [0.1, 0.15) is 0 Å². The monoisotopic (exact) mass is 802 g/mol. The molecule has 4 aromatic heterocycles. The summed E-state index contributed by atoms with van der Waals surface area (Å²) < 4.78 is 11.3. The summed E-state index contributed by atoms with van der Waals surface area (Å²) in [6.07, 6.45) is 0. The van der Waals surface area contributed by atoms with Gasteiger partial charge in [-0.2, -0.15) is 0 Å². The second-order valence-electron chi connectivity index (χ2n) is 16.5. The van der Waals surface area contributed by atoms with Gasteiger partial charge in [-0.3, -0.25) is 0 Å². The van der Waals surface area contributed by atoms with Crippen molar-refractivity contribution in [1.82, 2.24) is 19.1 Å². The van der Waals surface area contributed by atoms with Gasteiger partial charge in [0.1, 0.15) is 11.2 Å². The molecule has 0 atom stereocenters. The van der Waals surface area contributed by atoms with Gasteiger partial charge in [-0.1, -0.05) is 146 Å². The minimum absolute atomic E-state index is 0.666. The summed E-state index contributed by atoms with van der Waals surface area (Å²) in [5.74, 6) is 0.666. The second-order valence-corrected chi connectivity index (χ2v) is 16.5. The van der Waals surface area contributed by atoms with Gasteiger partial charge in [0.05, 0.1) is 39.0 Å². The summed E-state index contributed by atoms with van der Waals surface area (Å²) in [7, 11) is 0. The van der Waals surface area contributed by atoms with Crippen LogP contribution >= 0.6 is 0 Å². The van der Waals surface area contributed by atoms with Gasteiger partial charge in [-0.15, -0.1) is 0 Å². The molecule has 0 saturated carbocycles. The molecular weight excluding hydrogens is 769 g/mol. The summed E-state index contributed by atoms with van der Waals surface area (Å²) in [6.45, 7) is 0. The zero-order valence-electron chi connectivity index (χ0n) is 33.8. The number of furan rings is 1. The van der Waals surface area contributed by atoms with E-state index in [0.717, 1.165) is 66.4 Å². The molecule has 63 heavy (non-hydrogen) atoms. The quantitative estimate of drug-likeness (QED) is 0.178. The Morgan fingerprint density at radius 1 is 0.365 bits per heavy atom. The first-order valence-electron chi connectivity index (χ1n) is 21.4. The van der Waals surface area contributed by atoms with E-state index in [0.29, 0.717) is 5.82 Å². The van der Waals surface area contributed by atoms with Gasteiger partial charge in [0.25, 0.3) is 0 Å². The molecule has 4 heterocycles. The van der Waals surface area contributed by atoms with Gasteiger partial charge >= 0.3 is 0 Å². The molecule has 0 unspecified atom stereocenters. The molecule has 10 aromatic carbocycles. The molecular formula is C58H34N4O. The predicted octanol–water partition coefficient (Wildman–Crippen LogP) is 15.4. The van der Waals surface area contributed by atoms with Crippen LogP contribution < -0.4 is 0 Å². The van der Waals surface area contributed by atoms with Crippen molar-refractivity contribution in [1.29, 1.82) is 0 Å². The van der Waals surface area contributed by atoms with Gasteiger partial charge < -0.3 is 13.6 Å². The van der Waals surface area contributed by atoms with Crippen molar-refractivity contribution in [2.24, 2.45) is 0 Å². The van der Waals surface area contributed by atoms with Crippen molar-refractivity contribution in [2.45, 2.75) is 0 Å². The van der Waals surface area contributed by atoms with Crippen LogP contribution in [0, 0.1) is 0 Å². The SMILES string of the molecule is c1cc(-c2nc(-c3cccc4oc5ccccc5c34)c3ccccc3n2)cc(-n2c3ccccc3c3c(-n4c5ccccc5c5cc6ccccc6cc54)c4ccccc4cc32)c1. The van der Waals surface area contributed by atoms with E-state index < -0.39 is 0 Å². The highest BCUT2D eigenvalue weighted by Crippen LogP contribution is 2.45. The van der Waals surface area contributed by atoms with E-state index in [1.165, 1.54) is 59.8 Å². The largest absolute Gasteiger partial charge is 0.456 e. The summed E-state index contributed by atoms with van der Waals surface area (Å²) in [5, 5.41) is 12.8. The fourth-order valence-electron chi connectivity index (χ4n) is 10.3. The van der Waals surface area contributed by atoms with E-state index in [4.69, 9.17) is 14.4 Å². The third-order valence-electron chi connectivity index (χ3n) is 13.0. The first-order valence-corrected chi connectivity index (χ1v) is 21.4. The summed E-state index contributed by atoms with van der Waals surface area (Å²) >= 11 is 0. The summed E-state index contributed by atoms with van der Waals surface area (Å²) in [5.41, 5.74) is 12.3. The van der Waals surface area contributed by atoms with Crippen molar-refractivity contribution in [2.75, 3.05) is 0 Å². The molecule has 5 nitrogen and oxygen atoms in total. The molecule has 5 heteroatoms. The zero-order valence-corrected chi connectivity index (χ0v) is 33.8. The van der Waals surface area contributed by atoms with E-state index in [2.05, 4.69) is 191 Å². The van der Waals surface area contributed by atoms with Gasteiger partial charge in [0.2, 0.25) is 0 Å². The van der Waals surface area contributed by atoms with Crippen molar-refractivity contribution in [3.8, 4) is 34.0 Å². The maximum Gasteiger partial charge on any atom is 0.160 e. The molecule has 0 spiro atoms. The van der Waals surface area contributed by atoms with E-state index in [9.17, 15) is 0 Å². The number of rotatable bonds is 4. The molecule has 0 bridgehead atoms. The first kappa shape index (κ1) is 34.2. The molecule has 0 saturated heterocycles. The van der Waals surface area contributed by atoms with E-state index in [1.807, 2.05) is 24.3 Å². The number of para-hydroxylation sites is 4. The van der Waals surface area contributed by atoms with Crippen molar-refractivity contribution in [3.63, 3.8) is 0 Å². The molecule has 0 aliphatic rings. The van der Waals surface area contributed by atoms with Crippen LogP contribution in [0.15, 0.2) is 211 Å². The van der Waals surface area contributed by atoms with E-state index in [-0.39, 0.29) is 0 Å². The Morgan fingerprint density at radius 2 is 1.00 bits per heavy atom. The topological polar surface area (TPSA) is 48.8 Å². The third-order valence-corrected chi connectivity index (χ3v) is 13.0. The van der Waals surface area contributed by atoms with E-state index >= 15 is 0 Å². The molecule has 292 valence electrons. The highest BCUT2D eigenvalue weighted by molar-refractivity contribution is 6.23. The van der Waals surface area contributed by atoms with Gasteiger partial charge in [-0.25, -0.2) is 9.97 Å². The smallest absolute Gasteiger partial charge is 0.160 e.